The highest BCUT2D eigenvalue weighted by Crippen LogP contribution is 2.36. The number of piperidine rings is 1. The van der Waals surface area contributed by atoms with Crippen LogP contribution >= 0.6 is 0 Å². The number of hydrogen-bond donors (Lipinski definition) is 0. The quantitative estimate of drug-likeness (QED) is 0.652. The highest BCUT2D eigenvalue weighted by atomic mass is 16.5. The first-order valence-corrected chi connectivity index (χ1v) is 10.2. The molecule has 2 fully saturated rings. The van der Waals surface area contributed by atoms with Crippen molar-refractivity contribution in [2.45, 2.75) is 57.2 Å². The molecule has 5 heteroatoms. The molecule has 0 radical (unpaired) electrons. The zero-order chi connectivity index (χ0) is 18.1. The van der Waals surface area contributed by atoms with Crippen molar-refractivity contribution in [3.05, 3.63) is 48.5 Å². The van der Waals surface area contributed by atoms with E-state index in [4.69, 9.17) is 9.26 Å². The van der Waals surface area contributed by atoms with Crippen LogP contribution in [-0.4, -0.2) is 33.8 Å². The molecule has 1 aromatic carbocycles. The number of nitrogens with zero attached hydrogens (tertiary/aromatic N) is 3. The molecule has 0 N–H and O–H groups in total. The van der Waals surface area contributed by atoms with E-state index in [2.05, 4.69) is 45.1 Å². The Morgan fingerprint density at radius 2 is 1.93 bits per heavy atom. The lowest BCUT2D eigenvalue weighted by Gasteiger charge is -2.31. The van der Waals surface area contributed by atoms with Crippen LogP contribution in [0.1, 0.15) is 50.1 Å². The summed E-state index contributed by atoms with van der Waals surface area (Å²) >= 11 is 0. The van der Waals surface area contributed by atoms with Gasteiger partial charge >= 0.3 is 0 Å². The summed E-state index contributed by atoms with van der Waals surface area (Å²) in [7, 11) is 0. The summed E-state index contributed by atoms with van der Waals surface area (Å²) in [6.45, 7) is 3.01. The number of hydrogen-bond acceptors (Lipinski definition) is 4. The number of aromatic nitrogens is 2. The molecule has 1 aliphatic carbocycles. The summed E-state index contributed by atoms with van der Waals surface area (Å²) in [5.74, 6) is 1.04. The van der Waals surface area contributed by atoms with E-state index in [-0.39, 0.29) is 0 Å². The van der Waals surface area contributed by atoms with Crippen LogP contribution in [0, 0.1) is 0 Å². The Bertz CT molecular complexity index is 872. The second kappa shape index (κ2) is 7.39. The van der Waals surface area contributed by atoms with E-state index < -0.39 is 0 Å². The molecule has 0 amide bonds. The Labute approximate surface area is 159 Å². The van der Waals surface area contributed by atoms with Crippen LogP contribution in [0.25, 0.3) is 10.9 Å². The Kier molecular flexibility index (Phi) is 4.62. The average molecular weight is 365 g/mol. The van der Waals surface area contributed by atoms with Crippen molar-refractivity contribution < 1.29 is 9.26 Å². The molecular weight excluding hydrogens is 338 g/mol. The maximum Gasteiger partial charge on any atom is 0.129 e. The maximum absolute atomic E-state index is 6.46. The average Bonchev–Trinajstić information content (AvgIpc) is 3.45. The minimum Gasteiger partial charge on any atom is -0.490 e. The Balaban J connectivity index is 1.25. The van der Waals surface area contributed by atoms with Gasteiger partial charge < -0.3 is 13.8 Å². The van der Waals surface area contributed by atoms with Crippen molar-refractivity contribution in [2.24, 2.45) is 0 Å². The van der Waals surface area contributed by atoms with Crippen LogP contribution in [0.15, 0.2) is 47.4 Å². The standard InChI is InChI=1S/C22H27N3O2/c1-2-5-18(4-1)25-13-10-20-21(25)6-3-7-22(20)27-19-8-11-24(12-9-19)15-17-14-23-26-16-17/h3,6-7,10,13-14,16,18-19H,1-2,4-5,8-9,11-12,15H2. The van der Waals surface area contributed by atoms with Crippen LogP contribution in [0.4, 0.5) is 0 Å². The van der Waals surface area contributed by atoms with Gasteiger partial charge in [-0.2, -0.15) is 0 Å². The van der Waals surface area contributed by atoms with Gasteiger partial charge in [-0.15, -0.1) is 0 Å². The lowest BCUT2D eigenvalue weighted by molar-refractivity contribution is 0.0979. The van der Waals surface area contributed by atoms with Crippen molar-refractivity contribution in [1.82, 2.24) is 14.6 Å². The van der Waals surface area contributed by atoms with Crippen molar-refractivity contribution in [3.8, 4) is 5.75 Å². The highest BCUT2D eigenvalue weighted by molar-refractivity contribution is 5.86. The number of rotatable bonds is 5. The van der Waals surface area contributed by atoms with Crippen LogP contribution in [-0.2, 0) is 6.54 Å². The molecule has 5 rings (SSSR count). The van der Waals surface area contributed by atoms with Gasteiger partial charge in [-0.1, -0.05) is 24.1 Å². The lowest BCUT2D eigenvalue weighted by atomic mass is 10.1. The number of likely N-dealkylation sites (tertiary alicyclic amines) is 1. The molecule has 2 aliphatic rings. The molecule has 1 saturated heterocycles. The van der Waals surface area contributed by atoms with Gasteiger partial charge in [-0.05, 0) is 43.9 Å². The van der Waals surface area contributed by atoms with Gasteiger partial charge in [0, 0.05) is 42.8 Å². The predicted octanol–water partition coefficient (Wildman–Crippen LogP) is 4.79. The molecule has 0 atom stereocenters. The third-order valence-electron chi connectivity index (χ3n) is 6.16. The molecule has 1 aliphatic heterocycles. The SMILES string of the molecule is c1cc(OC2CCN(Cc3cnoc3)CC2)c2ccn(C3CCCC3)c2c1. The third kappa shape index (κ3) is 3.48. The van der Waals surface area contributed by atoms with E-state index in [0.29, 0.717) is 12.1 Å². The van der Waals surface area contributed by atoms with Gasteiger partial charge in [-0.25, -0.2) is 0 Å². The molecule has 0 unspecified atom stereocenters. The summed E-state index contributed by atoms with van der Waals surface area (Å²) < 4.78 is 13.9. The topological polar surface area (TPSA) is 43.4 Å². The smallest absolute Gasteiger partial charge is 0.129 e. The molecule has 2 aromatic heterocycles. The van der Waals surface area contributed by atoms with Gasteiger partial charge in [0.25, 0.3) is 0 Å². The van der Waals surface area contributed by atoms with E-state index >= 15 is 0 Å². The molecule has 1 saturated carbocycles. The fraction of sp³-hybridized carbons (Fsp3) is 0.500. The number of ether oxygens (including phenoxy) is 1. The predicted molar refractivity (Wildman–Crippen MR) is 105 cm³/mol. The van der Waals surface area contributed by atoms with Crippen molar-refractivity contribution >= 4 is 10.9 Å². The first kappa shape index (κ1) is 16.9. The highest BCUT2D eigenvalue weighted by Gasteiger charge is 2.23. The zero-order valence-corrected chi connectivity index (χ0v) is 15.7. The van der Waals surface area contributed by atoms with Crippen LogP contribution in [0.5, 0.6) is 5.75 Å². The fourth-order valence-electron chi connectivity index (χ4n) is 4.69. The number of benzene rings is 1. The Morgan fingerprint density at radius 3 is 2.70 bits per heavy atom. The largest absolute Gasteiger partial charge is 0.490 e. The molecule has 0 bridgehead atoms. The second-order valence-corrected chi connectivity index (χ2v) is 7.98. The summed E-state index contributed by atoms with van der Waals surface area (Å²) in [6, 6.07) is 9.42. The molecule has 3 heterocycles. The number of fused-ring (bicyclic) bond motifs is 1. The monoisotopic (exact) mass is 365 g/mol. The van der Waals surface area contributed by atoms with Gasteiger partial charge in [0.2, 0.25) is 0 Å². The first-order valence-electron chi connectivity index (χ1n) is 10.2. The Morgan fingerprint density at radius 1 is 1.07 bits per heavy atom. The van der Waals surface area contributed by atoms with Gasteiger partial charge in [0.1, 0.15) is 18.1 Å². The van der Waals surface area contributed by atoms with Gasteiger partial charge in [0.15, 0.2) is 0 Å². The van der Waals surface area contributed by atoms with E-state index in [9.17, 15) is 0 Å². The fourth-order valence-corrected chi connectivity index (χ4v) is 4.69. The zero-order valence-electron chi connectivity index (χ0n) is 15.7. The Hall–Kier alpha value is -2.27. The van der Waals surface area contributed by atoms with Gasteiger partial charge in [0.05, 0.1) is 11.7 Å². The summed E-state index contributed by atoms with van der Waals surface area (Å²) in [5.41, 5.74) is 2.47. The van der Waals surface area contributed by atoms with E-state index in [1.165, 1.54) is 36.6 Å². The minimum atomic E-state index is 0.296. The van der Waals surface area contributed by atoms with Crippen molar-refractivity contribution in [2.75, 3.05) is 13.1 Å². The molecule has 5 nitrogen and oxygen atoms in total. The summed E-state index contributed by atoms with van der Waals surface area (Å²) in [5, 5.41) is 5.05. The van der Waals surface area contributed by atoms with Crippen LogP contribution < -0.4 is 4.74 Å². The lowest BCUT2D eigenvalue weighted by Crippen LogP contribution is -2.37. The maximum atomic E-state index is 6.46. The first-order chi connectivity index (χ1) is 13.4. The molecular formula is C22H27N3O2. The van der Waals surface area contributed by atoms with E-state index in [0.717, 1.165) is 43.8 Å². The third-order valence-corrected chi connectivity index (χ3v) is 6.16. The second-order valence-electron chi connectivity index (χ2n) is 7.98. The molecule has 27 heavy (non-hydrogen) atoms. The molecule has 142 valence electrons. The normalized spacial score (nSPS) is 19.9. The van der Waals surface area contributed by atoms with Crippen molar-refractivity contribution in [1.29, 1.82) is 0 Å². The molecule has 0 spiro atoms. The van der Waals surface area contributed by atoms with Gasteiger partial charge in [-0.3, -0.25) is 4.90 Å². The summed E-state index contributed by atoms with van der Waals surface area (Å²) in [4.78, 5) is 2.45. The molecule has 3 aromatic rings. The van der Waals surface area contributed by atoms with E-state index in [1.807, 2.05) is 0 Å². The summed E-state index contributed by atoms with van der Waals surface area (Å²) in [6.07, 6.45) is 13.5. The van der Waals surface area contributed by atoms with Crippen LogP contribution in [0.3, 0.4) is 0 Å². The van der Waals surface area contributed by atoms with Crippen LogP contribution in [0.2, 0.25) is 0 Å². The minimum absolute atomic E-state index is 0.296. The van der Waals surface area contributed by atoms with E-state index in [1.54, 1.807) is 12.5 Å². The van der Waals surface area contributed by atoms with Crippen molar-refractivity contribution in [3.63, 3.8) is 0 Å².